The molecule has 2 aromatic carbocycles. The van der Waals surface area contributed by atoms with Crippen molar-refractivity contribution in [2.24, 2.45) is 0 Å². The zero-order valence-corrected chi connectivity index (χ0v) is 29.1. The van der Waals surface area contributed by atoms with Gasteiger partial charge in [0, 0.05) is 50.7 Å². The Morgan fingerprint density at radius 3 is 2.35 bits per heavy atom. The number of likely N-dealkylation sites (N-methyl/N-ethyl adjacent to an activating group) is 1. The Kier molecular flexibility index (Phi) is 11.5. The summed E-state index contributed by atoms with van der Waals surface area (Å²) < 4.78 is 7.49. The number of carbonyl (C=O) groups is 2. The van der Waals surface area contributed by atoms with Crippen molar-refractivity contribution in [2.75, 3.05) is 49.5 Å². The molecular weight excluding hydrogens is 676 g/mol. The number of urea groups is 1. The number of rotatable bonds is 11. The van der Waals surface area contributed by atoms with E-state index in [0.717, 1.165) is 30.6 Å². The van der Waals surface area contributed by atoms with Crippen molar-refractivity contribution in [2.45, 2.75) is 62.3 Å². The van der Waals surface area contributed by atoms with E-state index in [1.165, 1.54) is 6.33 Å². The number of nitrogens with one attached hydrogen (secondary N) is 5. The predicted octanol–water partition coefficient (Wildman–Crippen LogP) is 1.49. The third-order valence-corrected chi connectivity index (χ3v) is 9.61. The Bertz CT molecular complexity index is 1740. The maximum absolute atomic E-state index is 12.7. The molecular formula is C35H45ClN10O5. The number of aliphatic hydroxyl groups is 2. The first-order valence-electron chi connectivity index (χ1n) is 17.3. The van der Waals surface area contributed by atoms with Crippen LogP contribution in [0.4, 0.5) is 16.6 Å². The lowest BCUT2D eigenvalue weighted by Gasteiger charge is -2.22. The number of aliphatic hydroxyl groups excluding tert-OH is 2. The number of hydrogen-bond acceptors (Lipinski definition) is 11. The van der Waals surface area contributed by atoms with Gasteiger partial charge in [-0.2, -0.15) is 9.97 Å². The van der Waals surface area contributed by atoms with Crippen molar-refractivity contribution >= 4 is 47.3 Å². The van der Waals surface area contributed by atoms with Gasteiger partial charge in [0.2, 0.25) is 5.95 Å². The molecule has 3 saturated heterocycles. The van der Waals surface area contributed by atoms with E-state index in [-0.39, 0.29) is 36.4 Å². The number of halogens is 1. The lowest BCUT2D eigenvalue weighted by molar-refractivity contribution is -0.137. The minimum Gasteiger partial charge on any atom is -0.387 e. The molecule has 3 fully saturated rings. The number of ether oxygens (including phenoxy) is 1. The number of fused-ring (bicyclic) bond motifs is 1. The van der Waals surface area contributed by atoms with Crippen LogP contribution in [0.5, 0.6) is 0 Å². The monoisotopic (exact) mass is 720 g/mol. The van der Waals surface area contributed by atoms with Crippen LogP contribution in [0.2, 0.25) is 0 Å². The Morgan fingerprint density at radius 2 is 1.69 bits per heavy atom. The van der Waals surface area contributed by atoms with Gasteiger partial charge in [0.1, 0.15) is 12.2 Å². The van der Waals surface area contributed by atoms with E-state index in [2.05, 4.69) is 55.8 Å². The summed E-state index contributed by atoms with van der Waals surface area (Å²) in [7, 11) is 0. The zero-order chi connectivity index (χ0) is 34.6. The zero-order valence-electron chi connectivity index (χ0n) is 28.3. The molecule has 7 rings (SSSR count). The summed E-state index contributed by atoms with van der Waals surface area (Å²) in [6.07, 6.45) is -2.16. The van der Waals surface area contributed by atoms with Crippen molar-refractivity contribution in [1.82, 2.24) is 40.8 Å². The van der Waals surface area contributed by atoms with Crippen molar-refractivity contribution in [3.8, 4) is 0 Å². The van der Waals surface area contributed by atoms with E-state index in [9.17, 15) is 19.8 Å². The topological polar surface area (TPSA) is 191 Å². The summed E-state index contributed by atoms with van der Waals surface area (Å²) in [6, 6.07) is 20.3. The third kappa shape index (κ3) is 7.87. The number of nitrogens with zero attached hydrogens (tertiary/aromatic N) is 5. The highest BCUT2D eigenvalue weighted by Gasteiger charge is 2.48. The fourth-order valence-corrected chi connectivity index (χ4v) is 6.98. The average molecular weight is 721 g/mol. The molecule has 4 aromatic rings. The molecule has 0 spiro atoms. The molecule has 0 saturated carbocycles. The maximum atomic E-state index is 12.7. The minimum atomic E-state index is -1.45. The Balaban J connectivity index is 0.00000448. The molecule has 0 aliphatic carbocycles. The van der Waals surface area contributed by atoms with Gasteiger partial charge in [-0.25, -0.2) is 9.78 Å². The van der Waals surface area contributed by atoms with Crippen LogP contribution in [0.1, 0.15) is 43.0 Å². The highest BCUT2D eigenvalue weighted by Crippen LogP contribution is 2.34. The molecule has 51 heavy (non-hydrogen) atoms. The van der Waals surface area contributed by atoms with Gasteiger partial charge in [0.05, 0.1) is 6.33 Å². The van der Waals surface area contributed by atoms with Crippen LogP contribution < -0.4 is 31.5 Å². The van der Waals surface area contributed by atoms with Crippen LogP contribution >= 0.6 is 12.4 Å². The normalized spacial score (nSPS) is 24.4. The fourth-order valence-electron chi connectivity index (χ4n) is 6.98. The molecule has 5 heterocycles. The van der Waals surface area contributed by atoms with E-state index in [1.807, 2.05) is 41.3 Å². The number of hydrogen-bond donors (Lipinski definition) is 7. The van der Waals surface area contributed by atoms with E-state index >= 15 is 0 Å². The smallest absolute Gasteiger partial charge is 0.315 e. The lowest BCUT2D eigenvalue weighted by atomic mass is 9.91. The second kappa shape index (κ2) is 16.2. The summed E-state index contributed by atoms with van der Waals surface area (Å²) in [6.45, 7) is 5.36. The Morgan fingerprint density at radius 1 is 0.980 bits per heavy atom. The van der Waals surface area contributed by atoms with Gasteiger partial charge in [0.25, 0.3) is 5.91 Å². The fraction of sp³-hybridized carbons (Fsp3) is 0.457. The van der Waals surface area contributed by atoms with Gasteiger partial charge in [-0.15, -0.1) is 12.4 Å². The van der Waals surface area contributed by atoms with Crippen LogP contribution in [-0.2, 0) is 9.53 Å². The van der Waals surface area contributed by atoms with Crippen molar-refractivity contribution in [3.05, 3.63) is 78.1 Å². The number of aromatic nitrogens is 4. The second-order valence-corrected chi connectivity index (χ2v) is 13.0. The number of anilines is 2. The number of carbonyl (C=O) groups excluding carboxylic acids is 2. The largest absolute Gasteiger partial charge is 0.387 e. The molecule has 15 nitrogen and oxygen atoms in total. The molecule has 16 heteroatoms. The number of benzene rings is 2. The standard InChI is InChI=1S/C35H44N10O5.ClH/c1-2-37-32(48)29-27(46)28(47)33(50-29)45-20-39-26-30(38-18-25(21-9-5-3-6-10-21)22-11-7-4-8-12-22)42-34(43-31(26)45)44-16-14-24(19-44)41-35(49)40-23-13-15-36-17-23;/h3-12,20,23-25,27-29,33,36,46-47H,2,13-19H2,1H3,(H,37,48)(H,38,42,43)(H2,40,41,49);1H/t23-,24-,27+,28-,29+,33-;/m1./s1. The van der Waals surface area contributed by atoms with Gasteiger partial charge >= 0.3 is 6.03 Å². The molecule has 2 aromatic heterocycles. The van der Waals surface area contributed by atoms with Crippen LogP contribution in [0.3, 0.4) is 0 Å². The molecule has 0 radical (unpaired) electrons. The van der Waals surface area contributed by atoms with Crippen LogP contribution in [0.15, 0.2) is 67.0 Å². The van der Waals surface area contributed by atoms with Crippen LogP contribution in [0, 0.1) is 0 Å². The number of imidazole rings is 1. The van der Waals surface area contributed by atoms with Gasteiger partial charge in [-0.05, 0) is 37.4 Å². The van der Waals surface area contributed by atoms with Crippen LogP contribution in [0.25, 0.3) is 11.2 Å². The molecule has 272 valence electrons. The second-order valence-electron chi connectivity index (χ2n) is 13.0. The SMILES string of the molecule is CCNC(=O)[C@H]1O[C@@H](n2cnc3c(NCC(c4ccccc4)c4ccccc4)nc(N4CC[C@@H](NC(=O)N[C@@H]5CCNC5)C4)nc32)[C@H](O)[C@@H]1O.Cl. The average Bonchev–Trinajstić information content (AvgIpc) is 3.95. The first kappa shape index (κ1) is 36.3. The highest BCUT2D eigenvalue weighted by atomic mass is 35.5. The first-order valence-corrected chi connectivity index (χ1v) is 17.3. The van der Waals surface area contributed by atoms with Crippen LogP contribution in [-0.4, -0.2) is 111 Å². The lowest BCUT2D eigenvalue weighted by Crippen LogP contribution is -2.47. The first-order chi connectivity index (χ1) is 24.4. The summed E-state index contributed by atoms with van der Waals surface area (Å²) in [4.78, 5) is 41.9. The van der Waals surface area contributed by atoms with Gasteiger partial charge < -0.3 is 46.4 Å². The molecule has 7 N–H and O–H groups in total. The quantitative estimate of drug-likeness (QED) is 0.119. The maximum Gasteiger partial charge on any atom is 0.315 e. The third-order valence-electron chi connectivity index (χ3n) is 9.61. The highest BCUT2D eigenvalue weighted by molar-refractivity contribution is 5.86. The molecule has 0 bridgehead atoms. The Labute approximate surface area is 302 Å². The predicted molar refractivity (Wildman–Crippen MR) is 194 cm³/mol. The molecule has 3 amide bonds. The Hall–Kier alpha value is -4.54. The van der Waals surface area contributed by atoms with Crippen molar-refractivity contribution < 1.29 is 24.5 Å². The van der Waals surface area contributed by atoms with E-state index in [1.54, 1.807) is 11.5 Å². The summed E-state index contributed by atoms with van der Waals surface area (Å²) in [5.41, 5.74) is 3.08. The summed E-state index contributed by atoms with van der Waals surface area (Å²) in [5, 5.41) is 37.4. The van der Waals surface area contributed by atoms with E-state index in [4.69, 9.17) is 14.7 Å². The van der Waals surface area contributed by atoms with Gasteiger partial charge in [-0.1, -0.05) is 60.7 Å². The van der Waals surface area contributed by atoms with Crippen molar-refractivity contribution in [3.63, 3.8) is 0 Å². The summed E-state index contributed by atoms with van der Waals surface area (Å²) in [5.74, 6) is 0.378. The molecule has 6 atom stereocenters. The molecule has 3 aliphatic heterocycles. The van der Waals surface area contributed by atoms with E-state index < -0.39 is 30.4 Å². The van der Waals surface area contributed by atoms with Gasteiger partial charge in [-0.3, -0.25) is 9.36 Å². The van der Waals surface area contributed by atoms with E-state index in [0.29, 0.717) is 55.5 Å². The number of amides is 3. The molecule has 3 aliphatic rings. The summed E-state index contributed by atoms with van der Waals surface area (Å²) >= 11 is 0. The molecule has 0 unspecified atom stereocenters. The van der Waals surface area contributed by atoms with Gasteiger partial charge in [0.15, 0.2) is 29.3 Å². The minimum absolute atomic E-state index is 0. The van der Waals surface area contributed by atoms with Crippen molar-refractivity contribution in [1.29, 1.82) is 0 Å².